The maximum atomic E-state index is 11.5. The van der Waals surface area contributed by atoms with E-state index < -0.39 is 0 Å². The Hall–Kier alpha value is -1.35. The molecule has 1 aliphatic carbocycles. The number of benzene rings is 1. The minimum atomic E-state index is 0.104. The fourth-order valence-corrected chi connectivity index (χ4v) is 3.11. The van der Waals surface area contributed by atoms with Crippen molar-refractivity contribution in [2.75, 3.05) is 20.7 Å². The lowest BCUT2D eigenvalue weighted by Crippen LogP contribution is -2.24. The summed E-state index contributed by atoms with van der Waals surface area (Å²) in [6, 6.07) is 5.70. The monoisotopic (exact) mass is 275 g/mol. The molecule has 3 nitrogen and oxygen atoms in total. The normalized spacial score (nSPS) is 15.8. The molecule has 0 heterocycles. The molecule has 1 aliphatic rings. The number of hydrogen-bond acceptors (Lipinski definition) is 3. The van der Waals surface area contributed by atoms with Gasteiger partial charge in [0.2, 0.25) is 0 Å². The van der Waals surface area contributed by atoms with Crippen LogP contribution in [-0.4, -0.2) is 31.4 Å². The van der Waals surface area contributed by atoms with E-state index in [0.29, 0.717) is 0 Å². The highest BCUT2D eigenvalue weighted by Crippen LogP contribution is 2.27. The summed E-state index contributed by atoms with van der Waals surface area (Å²) in [5.41, 5.74) is 1.86. The van der Waals surface area contributed by atoms with Crippen molar-refractivity contribution in [3.05, 3.63) is 29.3 Å². The van der Waals surface area contributed by atoms with Crippen LogP contribution in [-0.2, 0) is 6.54 Å². The lowest BCUT2D eigenvalue weighted by atomic mass is 10.0. The van der Waals surface area contributed by atoms with Gasteiger partial charge in [-0.2, -0.15) is 0 Å². The van der Waals surface area contributed by atoms with Crippen molar-refractivity contribution in [1.82, 2.24) is 4.90 Å². The van der Waals surface area contributed by atoms with Crippen LogP contribution < -0.4 is 4.74 Å². The zero-order valence-electron chi connectivity index (χ0n) is 12.8. The van der Waals surface area contributed by atoms with E-state index in [1.54, 1.807) is 14.0 Å². The molecule has 1 fully saturated rings. The highest BCUT2D eigenvalue weighted by atomic mass is 16.5. The fourth-order valence-electron chi connectivity index (χ4n) is 3.11. The average Bonchev–Trinajstić information content (AvgIpc) is 2.91. The fraction of sp³-hybridized carbons (Fsp3) is 0.588. The molecule has 1 aromatic carbocycles. The third kappa shape index (κ3) is 3.83. The van der Waals surface area contributed by atoms with Crippen LogP contribution in [0.3, 0.4) is 0 Å². The van der Waals surface area contributed by atoms with Gasteiger partial charge >= 0.3 is 0 Å². The highest BCUT2D eigenvalue weighted by Gasteiger charge is 2.17. The molecule has 1 aromatic rings. The van der Waals surface area contributed by atoms with Crippen LogP contribution in [0.15, 0.2) is 18.2 Å². The van der Waals surface area contributed by atoms with Gasteiger partial charge in [-0.1, -0.05) is 12.8 Å². The molecule has 3 heteroatoms. The number of hydrogen-bond donors (Lipinski definition) is 0. The molecule has 0 saturated heterocycles. The molecule has 0 N–H and O–H groups in total. The number of rotatable bonds is 6. The van der Waals surface area contributed by atoms with E-state index >= 15 is 0 Å². The van der Waals surface area contributed by atoms with Crippen molar-refractivity contribution in [3.8, 4) is 5.75 Å². The van der Waals surface area contributed by atoms with Crippen LogP contribution in [0.25, 0.3) is 0 Å². The van der Waals surface area contributed by atoms with E-state index in [1.807, 2.05) is 18.2 Å². The quantitative estimate of drug-likeness (QED) is 0.744. The second-order valence-corrected chi connectivity index (χ2v) is 5.93. The molecule has 0 aromatic heterocycles. The second-order valence-electron chi connectivity index (χ2n) is 5.93. The smallest absolute Gasteiger partial charge is 0.159 e. The van der Waals surface area contributed by atoms with Gasteiger partial charge in [-0.3, -0.25) is 4.79 Å². The zero-order chi connectivity index (χ0) is 14.5. The minimum Gasteiger partial charge on any atom is -0.496 e. The Bertz CT molecular complexity index is 464. The lowest BCUT2D eigenvalue weighted by Gasteiger charge is -2.22. The first-order valence-corrected chi connectivity index (χ1v) is 7.46. The van der Waals surface area contributed by atoms with E-state index in [-0.39, 0.29) is 5.78 Å². The van der Waals surface area contributed by atoms with Gasteiger partial charge in [0.05, 0.1) is 7.11 Å². The summed E-state index contributed by atoms with van der Waals surface area (Å²) >= 11 is 0. The van der Waals surface area contributed by atoms with Gasteiger partial charge in [0, 0.05) is 24.2 Å². The Morgan fingerprint density at radius 1 is 1.35 bits per heavy atom. The Morgan fingerprint density at radius 2 is 2.05 bits per heavy atom. The van der Waals surface area contributed by atoms with Crippen molar-refractivity contribution in [2.45, 2.75) is 39.2 Å². The summed E-state index contributed by atoms with van der Waals surface area (Å²) < 4.78 is 5.41. The standard InChI is InChI=1S/C17H25NO2/c1-13(19)15-8-9-17(20-3)16(10-15)12-18(2)11-14-6-4-5-7-14/h8-10,14H,4-7,11-12H2,1-3H3. The van der Waals surface area contributed by atoms with Crippen LogP contribution in [0.1, 0.15) is 48.5 Å². The van der Waals surface area contributed by atoms with E-state index in [9.17, 15) is 4.79 Å². The lowest BCUT2D eigenvalue weighted by molar-refractivity contribution is 0.101. The largest absolute Gasteiger partial charge is 0.496 e. The Labute approximate surface area is 121 Å². The van der Waals surface area contributed by atoms with Crippen LogP contribution in [0.4, 0.5) is 0 Å². The SMILES string of the molecule is COc1ccc(C(C)=O)cc1CN(C)CC1CCCC1. The highest BCUT2D eigenvalue weighted by molar-refractivity contribution is 5.94. The predicted octanol–water partition coefficient (Wildman–Crippen LogP) is 3.52. The maximum absolute atomic E-state index is 11.5. The summed E-state index contributed by atoms with van der Waals surface area (Å²) in [6.07, 6.45) is 5.47. The van der Waals surface area contributed by atoms with Gasteiger partial charge in [0.15, 0.2) is 5.78 Å². The summed E-state index contributed by atoms with van der Waals surface area (Å²) in [5.74, 6) is 1.81. The van der Waals surface area contributed by atoms with E-state index in [0.717, 1.165) is 35.9 Å². The number of nitrogens with zero attached hydrogens (tertiary/aromatic N) is 1. The molecular formula is C17H25NO2. The molecule has 1 saturated carbocycles. The van der Waals surface area contributed by atoms with Gasteiger partial charge in [-0.15, -0.1) is 0 Å². The summed E-state index contributed by atoms with van der Waals surface area (Å²) in [6.45, 7) is 3.57. The molecule has 0 spiro atoms. The topological polar surface area (TPSA) is 29.5 Å². The summed E-state index contributed by atoms with van der Waals surface area (Å²) in [7, 11) is 3.83. The van der Waals surface area contributed by atoms with Gasteiger partial charge in [-0.05, 0) is 50.9 Å². The third-order valence-corrected chi connectivity index (χ3v) is 4.17. The summed E-state index contributed by atoms with van der Waals surface area (Å²) in [4.78, 5) is 13.9. The Balaban J connectivity index is 2.05. The number of methoxy groups -OCH3 is 1. The van der Waals surface area contributed by atoms with E-state index in [1.165, 1.54) is 25.7 Å². The number of Topliss-reactive ketones (excluding diaryl/α,β-unsaturated/α-hetero) is 1. The molecule has 110 valence electrons. The molecule has 2 rings (SSSR count). The van der Waals surface area contributed by atoms with Crippen molar-refractivity contribution in [2.24, 2.45) is 5.92 Å². The third-order valence-electron chi connectivity index (χ3n) is 4.17. The van der Waals surface area contributed by atoms with Crippen molar-refractivity contribution < 1.29 is 9.53 Å². The average molecular weight is 275 g/mol. The van der Waals surface area contributed by atoms with Crippen LogP contribution >= 0.6 is 0 Å². The second kappa shape index (κ2) is 6.89. The number of carbonyl (C=O) groups excluding carboxylic acids is 1. The molecule has 0 atom stereocenters. The number of carbonyl (C=O) groups is 1. The van der Waals surface area contributed by atoms with Crippen molar-refractivity contribution in [3.63, 3.8) is 0 Å². The predicted molar refractivity (Wildman–Crippen MR) is 81.3 cm³/mol. The minimum absolute atomic E-state index is 0.104. The van der Waals surface area contributed by atoms with E-state index in [2.05, 4.69) is 11.9 Å². The van der Waals surface area contributed by atoms with Crippen LogP contribution in [0.2, 0.25) is 0 Å². The molecule has 0 unspecified atom stereocenters. The number of ether oxygens (including phenoxy) is 1. The molecule has 0 amide bonds. The Kier molecular flexibility index (Phi) is 5.18. The molecule has 20 heavy (non-hydrogen) atoms. The van der Waals surface area contributed by atoms with Crippen molar-refractivity contribution >= 4 is 5.78 Å². The first kappa shape index (κ1) is 15.0. The zero-order valence-corrected chi connectivity index (χ0v) is 12.8. The molecule has 0 bridgehead atoms. The van der Waals surface area contributed by atoms with Crippen LogP contribution in [0.5, 0.6) is 5.75 Å². The van der Waals surface area contributed by atoms with Gasteiger partial charge in [0.25, 0.3) is 0 Å². The molecule has 0 radical (unpaired) electrons. The van der Waals surface area contributed by atoms with Crippen molar-refractivity contribution in [1.29, 1.82) is 0 Å². The first-order chi connectivity index (χ1) is 9.60. The number of ketones is 1. The van der Waals surface area contributed by atoms with Gasteiger partial charge in [0.1, 0.15) is 5.75 Å². The summed E-state index contributed by atoms with van der Waals surface area (Å²) in [5, 5.41) is 0. The van der Waals surface area contributed by atoms with Crippen LogP contribution in [0, 0.1) is 5.92 Å². The van der Waals surface area contributed by atoms with Gasteiger partial charge < -0.3 is 9.64 Å². The Morgan fingerprint density at radius 3 is 2.65 bits per heavy atom. The first-order valence-electron chi connectivity index (χ1n) is 7.46. The maximum Gasteiger partial charge on any atom is 0.159 e. The molecule has 0 aliphatic heterocycles. The van der Waals surface area contributed by atoms with Gasteiger partial charge in [-0.25, -0.2) is 0 Å². The van der Waals surface area contributed by atoms with E-state index in [4.69, 9.17) is 4.74 Å². The molecular weight excluding hydrogens is 250 g/mol.